The molecule has 0 spiro atoms. The van der Waals surface area contributed by atoms with Crippen molar-refractivity contribution < 1.29 is 4.79 Å². The van der Waals surface area contributed by atoms with Crippen molar-refractivity contribution in [1.82, 2.24) is 25.2 Å². The Morgan fingerprint density at radius 3 is 2.78 bits per heavy atom. The number of tetrazole rings is 1. The highest BCUT2D eigenvalue weighted by Gasteiger charge is 2.10. The molecule has 1 amide bonds. The van der Waals surface area contributed by atoms with E-state index < -0.39 is 0 Å². The summed E-state index contributed by atoms with van der Waals surface area (Å²) in [6, 6.07) is 14.7. The van der Waals surface area contributed by atoms with Crippen LogP contribution in [0.4, 0.5) is 5.69 Å². The van der Waals surface area contributed by atoms with Gasteiger partial charge in [-0.2, -0.15) is 0 Å². The predicted octanol–water partition coefficient (Wildman–Crippen LogP) is 3.62. The predicted molar refractivity (Wildman–Crippen MR) is 104 cm³/mol. The van der Waals surface area contributed by atoms with Crippen LogP contribution in [0.2, 0.25) is 5.02 Å². The number of rotatable bonds is 5. The quantitative estimate of drug-likeness (QED) is 0.556. The van der Waals surface area contributed by atoms with Gasteiger partial charge in [0, 0.05) is 21.7 Å². The number of carbonyl (C=O) groups excluding carboxylic acids is 1. The standard InChI is InChI=1S/C18H13ClN6OS/c19-13-3-1-2-12(8-13)18-22-15(10-27-18)9-17(26)21-14-4-6-16(7-5-14)25-11-20-23-24-25/h1-8,10-11H,9H2,(H,21,26). The summed E-state index contributed by atoms with van der Waals surface area (Å²) in [5.74, 6) is -0.131. The minimum Gasteiger partial charge on any atom is -0.326 e. The molecule has 2 aromatic carbocycles. The summed E-state index contributed by atoms with van der Waals surface area (Å²) >= 11 is 7.51. The van der Waals surface area contributed by atoms with Gasteiger partial charge in [0.15, 0.2) is 0 Å². The van der Waals surface area contributed by atoms with Gasteiger partial charge in [0.1, 0.15) is 11.3 Å². The largest absolute Gasteiger partial charge is 0.326 e. The monoisotopic (exact) mass is 396 g/mol. The van der Waals surface area contributed by atoms with Gasteiger partial charge >= 0.3 is 0 Å². The molecule has 1 N–H and O–H groups in total. The molecule has 0 unspecified atom stereocenters. The fraction of sp³-hybridized carbons (Fsp3) is 0.0556. The van der Waals surface area contributed by atoms with Gasteiger partial charge in [-0.1, -0.05) is 23.7 Å². The Labute approximate surface area is 163 Å². The Hall–Kier alpha value is -3.10. The van der Waals surface area contributed by atoms with Gasteiger partial charge < -0.3 is 5.32 Å². The van der Waals surface area contributed by atoms with E-state index in [-0.39, 0.29) is 12.3 Å². The second-order valence-electron chi connectivity index (χ2n) is 5.68. The molecule has 0 saturated carbocycles. The van der Waals surface area contributed by atoms with Crippen LogP contribution in [0.1, 0.15) is 5.69 Å². The number of nitrogens with zero attached hydrogens (tertiary/aromatic N) is 5. The number of amides is 1. The molecule has 0 fully saturated rings. The SMILES string of the molecule is O=C(Cc1csc(-c2cccc(Cl)c2)n1)Nc1ccc(-n2cnnn2)cc1. The fourth-order valence-electron chi connectivity index (χ4n) is 2.49. The summed E-state index contributed by atoms with van der Waals surface area (Å²) in [6.07, 6.45) is 1.71. The lowest BCUT2D eigenvalue weighted by Gasteiger charge is -2.05. The third-order valence-corrected chi connectivity index (χ3v) is 4.90. The zero-order valence-corrected chi connectivity index (χ0v) is 15.5. The number of halogens is 1. The highest BCUT2D eigenvalue weighted by Crippen LogP contribution is 2.26. The number of benzene rings is 2. The van der Waals surface area contributed by atoms with Crippen LogP contribution in [-0.4, -0.2) is 31.1 Å². The molecule has 27 heavy (non-hydrogen) atoms. The molecule has 4 aromatic rings. The molecule has 0 radical (unpaired) electrons. The molecule has 7 nitrogen and oxygen atoms in total. The van der Waals surface area contributed by atoms with E-state index in [0.717, 1.165) is 22.0 Å². The van der Waals surface area contributed by atoms with Crippen LogP contribution in [0.5, 0.6) is 0 Å². The van der Waals surface area contributed by atoms with Crippen LogP contribution >= 0.6 is 22.9 Å². The van der Waals surface area contributed by atoms with Gasteiger partial charge in [0.2, 0.25) is 5.91 Å². The number of hydrogen-bond donors (Lipinski definition) is 1. The number of thiazole rings is 1. The third-order valence-electron chi connectivity index (χ3n) is 3.73. The Morgan fingerprint density at radius 1 is 1.19 bits per heavy atom. The second-order valence-corrected chi connectivity index (χ2v) is 6.98. The van der Waals surface area contributed by atoms with Crippen molar-refractivity contribution in [1.29, 1.82) is 0 Å². The molecule has 0 saturated heterocycles. The maximum Gasteiger partial charge on any atom is 0.230 e. The molecular weight excluding hydrogens is 384 g/mol. The average molecular weight is 397 g/mol. The zero-order valence-electron chi connectivity index (χ0n) is 13.9. The third kappa shape index (κ3) is 4.18. The molecule has 0 bridgehead atoms. The first kappa shape index (κ1) is 17.3. The number of nitrogens with one attached hydrogen (secondary N) is 1. The smallest absolute Gasteiger partial charge is 0.230 e. The van der Waals surface area contributed by atoms with Crippen LogP contribution in [-0.2, 0) is 11.2 Å². The number of aromatic nitrogens is 5. The van der Waals surface area contributed by atoms with Crippen LogP contribution in [0.25, 0.3) is 16.3 Å². The molecule has 2 heterocycles. The van der Waals surface area contributed by atoms with Gasteiger partial charge in [0.05, 0.1) is 17.8 Å². The Morgan fingerprint density at radius 2 is 2.04 bits per heavy atom. The minimum atomic E-state index is -0.131. The summed E-state index contributed by atoms with van der Waals surface area (Å²) in [5, 5.41) is 17.3. The lowest BCUT2D eigenvalue weighted by molar-refractivity contribution is -0.115. The van der Waals surface area contributed by atoms with E-state index in [9.17, 15) is 4.79 Å². The molecule has 134 valence electrons. The van der Waals surface area contributed by atoms with Crippen LogP contribution in [0.15, 0.2) is 60.2 Å². The van der Waals surface area contributed by atoms with E-state index in [4.69, 9.17) is 11.6 Å². The first-order chi connectivity index (χ1) is 13.2. The molecule has 2 aromatic heterocycles. The van der Waals surface area contributed by atoms with Crippen molar-refractivity contribution >= 4 is 34.5 Å². The van der Waals surface area contributed by atoms with E-state index in [2.05, 4.69) is 25.8 Å². The Kier molecular flexibility index (Phi) is 4.91. The van der Waals surface area contributed by atoms with E-state index in [1.165, 1.54) is 22.3 Å². The first-order valence-electron chi connectivity index (χ1n) is 8.01. The molecule has 9 heteroatoms. The highest BCUT2D eigenvalue weighted by atomic mass is 35.5. The van der Waals surface area contributed by atoms with Gasteiger partial charge in [0.25, 0.3) is 0 Å². The Bertz CT molecular complexity index is 1060. The number of anilines is 1. The Balaban J connectivity index is 1.40. The molecular formula is C18H13ClN6OS. The number of hydrogen-bond acceptors (Lipinski definition) is 6. The van der Waals surface area contributed by atoms with E-state index in [0.29, 0.717) is 10.7 Å². The molecule has 0 atom stereocenters. The van der Waals surface area contributed by atoms with Gasteiger partial charge in [-0.15, -0.1) is 16.4 Å². The minimum absolute atomic E-state index is 0.131. The van der Waals surface area contributed by atoms with Crippen LogP contribution in [0.3, 0.4) is 0 Å². The molecule has 4 rings (SSSR count). The van der Waals surface area contributed by atoms with Crippen molar-refractivity contribution in [2.24, 2.45) is 0 Å². The van der Waals surface area contributed by atoms with Crippen molar-refractivity contribution in [3.8, 4) is 16.3 Å². The topological polar surface area (TPSA) is 85.6 Å². The number of carbonyl (C=O) groups is 1. The van der Waals surface area contributed by atoms with E-state index in [1.54, 1.807) is 12.1 Å². The maximum atomic E-state index is 12.3. The second kappa shape index (κ2) is 7.65. The zero-order chi connectivity index (χ0) is 18.6. The normalized spacial score (nSPS) is 10.7. The first-order valence-corrected chi connectivity index (χ1v) is 9.27. The summed E-state index contributed by atoms with van der Waals surface area (Å²) < 4.78 is 1.54. The molecule has 0 aliphatic rings. The van der Waals surface area contributed by atoms with E-state index in [1.807, 2.05) is 41.8 Å². The van der Waals surface area contributed by atoms with Gasteiger partial charge in [-0.25, -0.2) is 9.67 Å². The van der Waals surface area contributed by atoms with Crippen LogP contribution < -0.4 is 5.32 Å². The van der Waals surface area contributed by atoms with Crippen molar-refractivity contribution in [2.75, 3.05) is 5.32 Å². The van der Waals surface area contributed by atoms with Crippen molar-refractivity contribution in [3.63, 3.8) is 0 Å². The summed E-state index contributed by atoms with van der Waals surface area (Å²) in [7, 11) is 0. The van der Waals surface area contributed by atoms with Gasteiger partial charge in [-0.3, -0.25) is 4.79 Å². The lowest BCUT2D eigenvalue weighted by Crippen LogP contribution is -2.14. The molecule has 0 aliphatic heterocycles. The van der Waals surface area contributed by atoms with Crippen LogP contribution in [0, 0.1) is 0 Å². The fourth-order valence-corrected chi connectivity index (χ4v) is 3.50. The summed E-state index contributed by atoms with van der Waals surface area (Å²) in [6.45, 7) is 0. The van der Waals surface area contributed by atoms with Crippen molar-refractivity contribution in [3.05, 3.63) is 71.0 Å². The highest BCUT2D eigenvalue weighted by molar-refractivity contribution is 7.13. The summed E-state index contributed by atoms with van der Waals surface area (Å²) in [5.41, 5.74) is 3.17. The molecule has 0 aliphatic carbocycles. The lowest BCUT2D eigenvalue weighted by atomic mass is 10.2. The maximum absolute atomic E-state index is 12.3. The van der Waals surface area contributed by atoms with E-state index >= 15 is 0 Å². The average Bonchev–Trinajstić information content (AvgIpc) is 3.34. The van der Waals surface area contributed by atoms with Crippen molar-refractivity contribution in [2.45, 2.75) is 6.42 Å². The summed E-state index contributed by atoms with van der Waals surface area (Å²) in [4.78, 5) is 16.8. The van der Waals surface area contributed by atoms with Gasteiger partial charge in [-0.05, 0) is 46.8 Å².